The van der Waals surface area contributed by atoms with E-state index in [0.717, 1.165) is 16.7 Å². The van der Waals surface area contributed by atoms with E-state index < -0.39 is 6.10 Å². The molecule has 0 amide bonds. The number of aliphatic hydroxyl groups excluding tert-OH is 1. The van der Waals surface area contributed by atoms with Crippen LogP contribution in [0.3, 0.4) is 0 Å². The molecule has 1 atom stereocenters. The number of nitrogens with zero attached hydrogens (tertiary/aromatic N) is 2. The van der Waals surface area contributed by atoms with Gasteiger partial charge in [0.25, 0.3) is 0 Å². The lowest BCUT2D eigenvalue weighted by Gasteiger charge is -1.94. The van der Waals surface area contributed by atoms with Gasteiger partial charge in [0.15, 0.2) is 0 Å². The van der Waals surface area contributed by atoms with Crippen LogP contribution in [0.4, 0.5) is 0 Å². The summed E-state index contributed by atoms with van der Waals surface area (Å²) < 4.78 is 2.63. The van der Waals surface area contributed by atoms with Gasteiger partial charge in [0.05, 0.1) is 0 Å². The van der Waals surface area contributed by atoms with Crippen molar-refractivity contribution in [2.45, 2.75) is 19.1 Å². The molecule has 1 aromatic heterocycles. The molecule has 60 valence electrons. The topological polar surface area (TPSA) is 38.0 Å². The second kappa shape index (κ2) is 2.60. The molecule has 0 saturated heterocycles. The van der Waals surface area contributed by atoms with Gasteiger partial charge in [0.2, 0.25) is 0 Å². The fraction of sp³-hybridized carbons (Fsp3) is 0.500. The van der Waals surface area contributed by atoms with E-state index >= 15 is 0 Å². The van der Waals surface area contributed by atoms with Crippen molar-refractivity contribution in [3.05, 3.63) is 14.7 Å². The van der Waals surface area contributed by atoms with Gasteiger partial charge in [-0.15, -0.1) is 0 Å². The van der Waals surface area contributed by atoms with Crippen LogP contribution in [0.1, 0.15) is 18.3 Å². The number of fused-ring (bicyclic) bond motifs is 1. The lowest BCUT2D eigenvalue weighted by Crippen LogP contribution is -1.93. The Hall–Kier alpha value is 0.190. The minimum atomic E-state index is -0.420. The van der Waals surface area contributed by atoms with E-state index in [-0.39, 0.29) is 0 Å². The van der Waals surface area contributed by atoms with Crippen LogP contribution in [-0.4, -0.2) is 14.7 Å². The monoisotopic (exact) mass is 284 g/mol. The molecular formula is C6H6ClIN2O. The van der Waals surface area contributed by atoms with Gasteiger partial charge >= 0.3 is 0 Å². The molecule has 0 radical (unpaired) electrons. The van der Waals surface area contributed by atoms with Gasteiger partial charge in [0.1, 0.15) is 20.8 Å². The molecule has 1 aliphatic heterocycles. The predicted molar refractivity (Wildman–Crippen MR) is 49.5 cm³/mol. The van der Waals surface area contributed by atoms with Crippen LogP contribution in [0.5, 0.6) is 0 Å². The molecule has 1 unspecified atom stereocenters. The standard InChI is InChI=1S/C6H6ClIN2O/c7-4-5(8)9-6-3(11)1-2-10(4)6/h3,11H,1-2H2. The number of aromatic nitrogens is 2. The third-order valence-electron chi connectivity index (χ3n) is 1.82. The fourth-order valence-corrected chi connectivity index (χ4v) is 2.02. The molecule has 0 aromatic carbocycles. The van der Waals surface area contributed by atoms with E-state index in [1.807, 2.05) is 4.57 Å². The summed E-state index contributed by atoms with van der Waals surface area (Å²) >= 11 is 7.96. The van der Waals surface area contributed by atoms with Gasteiger partial charge < -0.3 is 9.67 Å². The van der Waals surface area contributed by atoms with Crippen molar-refractivity contribution in [2.24, 2.45) is 0 Å². The number of rotatable bonds is 0. The van der Waals surface area contributed by atoms with Gasteiger partial charge in [-0.3, -0.25) is 0 Å². The number of aliphatic hydroxyl groups is 1. The third kappa shape index (κ3) is 1.08. The molecule has 5 heteroatoms. The van der Waals surface area contributed by atoms with Crippen molar-refractivity contribution in [1.29, 1.82) is 0 Å². The Bertz CT molecular complexity index is 299. The second-order valence-corrected chi connectivity index (χ2v) is 3.89. The number of imidazole rings is 1. The van der Waals surface area contributed by atoms with E-state index in [0.29, 0.717) is 11.0 Å². The van der Waals surface area contributed by atoms with Crippen molar-refractivity contribution >= 4 is 34.2 Å². The van der Waals surface area contributed by atoms with Crippen molar-refractivity contribution in [3.8, 4) is 0 Å². The molecule has 2 rings (SSSR count). The molecule has 0 saturated carbocycles. The largest absolute Gasteiger partial charge is 0.385 e. The highest BCUT2D eigenvalue weighted by Crippen LogP contribution is 2.30. The Morgan fingerprint density at radius 1 is 1.73 bits per heavy atom. The Morgan fingerprint density at radius 2 is 2.45 bits per heavy atom. The maximum atomic E-state index is 9.37. The SMILES string of the molecule is OC1CCn2c1nc(I)c2Cl. The van der Waals surface area contributed by atoms with Crippen LogP contribution in [-0.2, 0) is 6.54 Å². The molecule has 1 N–H and O–H groups in total. The van der Waals surface area contributed by atoms with E-state index in [9.17, 15) is 5.11 Å². The first kappa shape index (κ1) is 7.82. The van der Waals surface area contributed by atoms with E-state index in [4.69, 9.17) is 11.6 Å². The summed E-state index contributed by atoms with van der Waals surface area (Å²) in [5.74, 6) is 0.708. The summed E-state index contributed by atoms with van der Waals surface area (Å²) in [6.07, 6.45) is 0.315. The van der Waals surface area contributed by atoms with Crippen LogP contribution in [0.2, 0.25) is 5.15 Å². The van der Waals surface area contributed by atoms with Gasteiger partial charge in [0, 0.05) is 6.54 Å². The first-order valence-electron chi connectivity index (χ1n) is 3.29. The molecular weight excluding hydrogens is 278 g/mol. The van der Waals surface area contributed by atoms with Gasteiger partial charge in [-0.2, -0.15) is 0 Å². The minimum absolute atomic E-state index is 0.420. The van der Waals surface area contributed by atoms with Crippen LogP contribution in [0.25, 0.3) is 0 Å². The van der Waals surface area contributed by atoms with Crippen molar-refractivity contribution < 1.29 is 5.11 Å². The molecule has 0 fully saturated rings. The summed E-state index contributed by atoms with van der Waals surface area (Å²) in [5, 5.41) is 10.0. The Morgan fingerprint density at radius 3 is 3.09 bits per heavy atom. The summed E-state index contributed by atoms with van der Waals surface area (Å²) in [7, 11) is 0. The van der Waals surface area contributed by atoms with E-state index in [2.05, 4.69) is 27.6 Å². The zero-order chi connectivity index (χ0) is 8.01. The minimum Gasteiger partial charge on any atom is -0.385 e. The Kier molecular flexibility index (Phi) is 1.85. The molecule has 1 aliphatic rings. The Balaban J connectivity index is 2.57. The lowest BCUT2D eigenvalue weighted by molar-refractivity contribution is 0.175. The molecule has 0 bridgehead atoms. The van der Waals surface area contributed by atoms with Crippen LogP contribution in [0.15, 0.2) is 0 Å². The van der Waals surface area contributed by atoms with Crippen LogP contribution < -0.4 is 0 Å². The summed E-state index contributed by atoms with van der Waals surface area (Å²) in [4.78, 5) is 4.14. The van der Waals surface area contributed by atoms with Crippen LogP contribution in [0, 0.1) is 3.70 Å². The predicted octanol–water partition coefficient (Wildman–Crippen LogP) is 1.58. The number of halogens is 2. The molecule has 0 spiro atoms. The zero-order valence-electron chi connectivity index (χ0n) is 5.59. The first-order valence-corrected chi connectivity index (χ1v) is 4.75. The normalized spacial score (nSPS) is 22.3. The quantitative estimate of drug-likeness (QED) is 0.735. The maximum absolute atomic E-state index is 9.37. The molecule has 0 aliphatic carbocycles. The smallest absolute Gasteiger partial charge is 0.142 e. The zero-order valence-corrected chi connectivity index (χ0v) is 8.50. The third-order valence-corrected chi connectivity index (χ3v) is 3.27. The number of hydrogen-bond acceptors (Lipinski definition) is 2. The molecule has 2 heterocycles. The second-order valence-electron chi connectivity index (χ2n) is 2.51. The summed E-state index contributed by atoms with van der Waals surface area (Å²) in [5.41, 5.74) is 0. The van der Waals surface area contributed by atoms with Gasteiger partial charge in [-0.05, 0) is 29.0 Å². The Labute approximate surface area is 82.5 Å². The molecule has 3 nitrogen and oxygen atoms in total. The highest BCUT2D eigenvalue weighted by molar-refractivity contribution is 14.1. The van der Waals surface area contributed by atoms with Crippen LogP contribution >= 0.6 is 34.2 Å². The summed E-state index contributed by atoms with van der Waals surface area (Å²) in [6.45, 7) is 0.783. The van der Waals surface area contributed by atoms with E-state index in [1.54, 1.807) is 0 Å². The van der Waals surface area contributed by atoms with Gasteiger partial charge in [-0.25, -0.2) is 4.98 Å². The maximum Gasteiger partial charge on any atom is 0.142 e. The highest BCUT2D eigenvalue weighted by Gasteiger charge is 2.25. The van der Waals surface area contributed by atoms with Crippen molar-refractivity contribution in [1.82, 2.24) is 9.55 Å². The molecule has 11 heavy (non-hydrogen) atoms. The average Bonchev–Trinajstić information content (AvgIpc) is 2.43. The van der Waals surface area contributed by atoms with Crippen molar-refractivity contribution in [3.63, 3.8) is 0 Å². The number of hydrogen-bond donors (Lipinski definition) is 1. The fourth-order valence-electron chi connectivity index (χ4n) is 1.27. The average molecular weight is 284 g/mol. The summed E-state index contributed by atoms with van der Waals surface area (Å²) in [6, 6.07) is 0. The molecule has 1 aromatic rings. The lowest BCUT2D eigenvalue weighted by atomic mass is 10.3. The first-order chi connectivity index (χ1) is 5.20. The van der Waals surface area contributed by atoms with Crippen molar-refractivity contribution in [2.75, 3.05) is 0 Å². The van der Waals surface area contributed by atoms with Gasteiger partial charge in [-0.1, -0.05) is 11.6 Å². The highest BCUT2D eigenvalue weighted by atomic mass is 127. The van der Waals surface area contributed by atoms with E-state index in [1.165, 1.54) is 0 Å².